The van der Waals surface area contributed by atoms with Gasteiger partial charge in [-0.3, -0.25) is 4.79 Å². The van der Waals surface area contributed by atoms with Gasteiger partial charge in [-0.2, -0.15) is 5.10 Å². The van der Waals surface area contributed by atoms with E-state index < -0.39 is 0 Å². The lowest BCUT2D eigenvalue weighted by atomic mass is 9.67. The number of morpholine rings is 1. The first-order chi connectivity index (χ1) is 13.6. The van der Waals surface area contributed by atoms with Gasteiger partial charge in [-0.05, 0) is 70.0 Å². The Morgan fingerprint density at radius 3 is 2.82 bits per heavy atom. The van der Waals surface area contributed by atoms with Gasteiger partial charge in [-0.1, -0.05) is 0 Å². The molecule has 2 aliphatic heterocycles. The van der Waals surface area contributed by atoms with Gasteiger partial charge in [0.05, 0.1) is 24.6 Å². The van der Waals surface area contributed by atoms with Crippen LogP contribution in [0.25, 0.3) is 0 Å². The van der Waals surface area contributed by atoms with Crippen LogP contribution in [0.5, 0.6) is 0 Å². The molecule has 7 nitrogen and oxygen atoms in total. The van der Waals surface area contributed by atoms with Crippen molar-refractivity contribution in [3.63, 3.8) is 0 Å². The van der Waals surface area contributed by atoms with E-state index in [1.165, 1.54) is 56.3 Å². The molecule has 0 aromatic carbocycles. The Kier molecular flexibility index (Phi) is 6.33. The van der Waals surface area contributed by atoms with Gasteiger partial charge in [0.2, 0.25) is 0 Å². The number of aryl methyl sites for hydroxylation is 1. The molecule has 0 radical (unpaired) electrons. The summed E-state index contributed by atoms with van der Waals surface area (Å²) in [5.74, 6) is 0. The number of anilines is 1. The van der Waals surface area contributed by atoms with Gasteiger partial charge >= 0.3 is 0 Å². The summed E-state index contributed by atoms with van der Waals surface area (Å²) >= 11 is 0. The van der Waals surface area contributed by atoms with Gasteiger partial charge in [0, 0.05) is 32.2 Å². The molecule has 1 aliphatic carbocycles. The fourth-order valence-electron chi connectivity index (χ4n) is 5.10. The number of piperidine rings is 1. The zero-order chi connectivity index (χ0) is 19.4. The van der Waals surface area contributed by atoms with Gasteiger partial charge in [-0.15, -0.1) is 0 Å². The second kappa shape index (κ2) is 8.93. The predicted octanol–water partition coefficient (Wildman–Crippen LogP) is 1.28. The maximum Gasteiger partial charge on any atom is 0.268 e. The molecule has 1 spiro atoms. The average Bonchev–Trinajstić information content (AvgIpc) is 2.73. The van der Waals surface area contributed by atoms with Gasteiger partial charge in [0.25, 0.3) is 5.56 Å². The minimum Gasteiger partial charge on any atom is -0.374 e. The van der Waals surface area contributed by atoms with E-state index in [9.17, 15) is 4.79 Å². The molecule has 2 saturated heterocycles. The third-order valence-electron chi connectivity index (χ3n) is 7.07. The van der Waals surface area contributed by atoms with Crippen LogP contribution in [0.4, 0.5) is 5.69 Å². The van der Waals surface area contributed by atoms with Crippen LogP contribution in [0.15, 0.2) is 17.1 Å². The third-order valence-corrected chi connectivity index (χ3v) is 7.07. The summed E-state index contributed by atoms with van der Waals surface area (Å²) in [4.78, 5) is 14.1. The maximum absolute atomic E-state index is 11.9. The van der Waals surface area contributed by atoms with Crippen LogP contribution in [0.3, 0.4) is 0 Å². The number of nitrogens with zero attached hydrogens (tertiary/aromatic N) is 3. The highest BCUT2D eigenvalue weighted by Crippen LogP contribution is 2.43. The summed E-state index contributed by atoms with van der Waals surface area (Å²) < 4.78 is 7.34. The normalized spacial score (nSPS) is 25.9. The summed E-state index contributed by atoms with van der Waals surface area (Å²) in [7, 11) is 1.68. The zero-order valence-corrected chi connectivity index (χ0v) is 17.2. The molecule has 156 valence electrons. The third kappa shape index (κ3) is 4.75. The van der Waals surface area contributed by atoms with E-state index in [4.69, 9.17) is 4.74 Å². The van der Waals surface area contributed by atoms with Crippen LogP contribution >= 0.6 is 0 Å². The summed E-state index contributed by atoms with van der Waals surface area (Å²) in [6, 6.07) is 2.34. The molecule has 1 saturated carbocycles. The zero-order valence-electron chi connectivity index (χ0n) is 17.2. The molecule has 3 heterocycles. The van der Waals surface area contributed by atoms with Crippen LogP contribution < -0.4 is 21.1 Å². The quantitative estimate of drug-likeness (QED) is 0.791. The van der Waals surface area contributed by atoms with E-state index in [1.807, 2.05) is 0 Å². The molecular weight excluding hydrogens is 354 g/mol. The second-order valence-corrected chi connectivity index (χ2v) is 8.88. The SMILES string of the molecule is Cn1ncc(N2CCO[C@@H](CCNC3CCC4(CCNCC4)CC3)C2)cc1=O. The van der Waals surface area contributed by atoms with E-state index >= 15 is 0 Å². The number of hydrogen-bond acceptors (Lipinski definition) is 6. The van der Waals surface area contributed by atoms with Crippen LogP contribution in [0.2, 0.25) is 0 Å². The summed E-state index contributed by atoms with van der Waals surface area (Å²) in [6.07, 6.45) is 11.1. The molecule has 28 heavy (non-hydrogen) atoms. The topological polar surface area (TPSA) is 71.4 Å². The lowest BCUT2D eigenvalue weighted by molar-refractivity contribution is 0.0340. The van der Waals surface area contributed by atoms with Crippen LogP contribution in [-0.4, -0.2) is 61.3 Å². The molecule has 0 amide bonds. The lowest BCUT2D eigenvalue weighted by Gasteiger charge is -2.43. The average molecular weight is 390 g/mol. The van der Waals surface area contributed by atoms with Crippen molar-refractivity contribution in [2.75, 3.05) is 44.2 Å². The molecule has 4 rings (SSSR count). The van der Waals surface area contributed by atoms with Crippen molar-refractivity contribution in [2.45, 2.75) is 57.1 Å². The lowest BCUT2D eigenvalue weighted by Crippen LogP contribution is -2.46. The molecule has 2 N–H and O–H groups in total. The first-order valence-electron chi connectivity index (χ1n) is 11.0. The van der Waals surface area contributed by atoms with E-state index in [1.54, 1.807) is 19.3 Å². The van der Waals surface area contributed by atoms with Crippen LogP contribution in [0, 0.1) is 5.41 Å². The van der Waals surface area contributed by atoms with Crippen LogP contribution in [-0.2, 0) is 11.8 Å². The molecule has 0 unspecified atom stereocenters. The molecule has 1 aromatic rings. The van der Waals surface area contributed by atoms with Gasteiger partial charge in [0.15, 0.2) is 0 Å². The Labute approximate surface area is 167 Å². The Bertz CT molecular complexity index is 690. The predicted molar refractivity (Wildman–Crippen MR) is 111 cm³/mol. The largest absolute Gasteiger partial charge is 0.374 e. The number of aromatic nitrogens is 2. The molecule has 3 fully saturated rings. The molecular formula is C21H35N5O2. The highest BCUT2D eigenvalue weighted by atomic mass is 16.5. The molecule has 7 heteroatoms. The maximum atomic E-state index is 11.9. The van der Waals surface area contributed by atoms with Crippen molar-refractivity contribution in [3.8, 4) is 0 Å². The number of hydrogen-bond donors (Lipinski definition) is 2. The minimum absolute atomic E-state index is 0.0639. The van der Waals surface area contributed by atoms with Crippen molar-refractivity contribution in [1.29, 1.82) is 0 Å². The number of ether oxygens (including phenoxy) is 1. The van der Waals surface area contributed by atoms with Crippen molar-refractivity contribution >= 4 is 5.69 Å². The molecule has 3 aliphatic rings. The fourth-order valence-corrected chi connectivity index (χ4v) is 5.10. The monoisotopic (exact) mass is 389 g/mol. The summed E-state index contributed by atoms with van der Waals surface area (Å²) in [5, 5.41) is 11.4. The van der Waals surface area contributed by atoms with E-state index in [-0.39, 0.29) is 11.7 Å². The Hall–Kier alpha value is -1.44. The van der Waals surface area contributed by atoms with Gasteiger partial charge < -0.3 is 20.3 Å². The smallest absolute Gasteiger partial charge is 0.268 e. The Balaban J connectivity index is 1.20. The molecule has 0 bridgehead atoms. The van der Waals surface area contributed by atoms with E-state index in [0.29, 0.717) is 18.1 Å². The van der Waals surface area contributed by atoms with Crippen molar-refractivity contribution in [3.05, 3.63) is 22.6 Å². The van der Waals surface area contributed by atoms with Crippen molar-refractivity contribution in [2.24, 2.45) is 12.5 Å². The first kappa shape index (κ1) is 19.9. The Morgan fingerprint density at radius 2 is 2.07 bits per heavy atom. The van der Waals surface area contributed by atoms with Crippen molar-refractivity contribution in [1.82, 2.24) is 20.4 Å². The standard InChI is InChI=1S/C21H35N5O2/c1-25-20(27)14-18(15-24-25)26-12-13-28-19(16-26)4-9-23-17-2-5-21(6-3-17)7-10-22-11-8-21/h14-15,17,19,22-23H,2-13,16H2,1H3/t19-/m0/s1. The van der Waals surface area contributed by atoms with E-state index in [2.05, 4.69) is 20.6 Å². The first-order valence-corrected chi connectivity index (χ1v) is 11.0. The number of rotatable bonds is 5. The number of nitrogens with one attached hydrogen (secondary N) is 2. The van der Waals surface area contributed by atoms with E-state index in [0.717, 1.165) is 31.7 Å². The van der Waals surface area contributed by atoms with Gasteiger partial charge in [0.1, 0.15) is 0 Å². The molecule has 1 atom stereocenters. The highest BCUT2D eigenvalue weighted by Gasteiger charge is 2.36. The van der Waals surface area contributed by atoms with Crippen molar-refractivity contribution < 1.29 is 4.74 Å². The minimum atomic E-state index is -0.0639. The highest BCUT2D eigenvalue weighted by molar-refractivity contribution is 5.43. The fraction of sp³-hybridized carbons (Fsp3) is 0.810. The summed E-state index contributed by atoms with van der Waals surface area (Å²) in [6.45, 7) is 5.77. The summed E-state index contributed by atoms with van der Waals surface area (Å²) in [5.41, 5.74) is 1.48. The van der Waals surface area contributed by atoms with Crippen LogP contribution in [0.1, 0.15) is 44.9 Å². The molecule has 1 aromatic heterocycles. The van der Waals surface area contributed by atoms with Gasteiger partial charge in [-0.25, -0.2) is 4.68 Å². The second-order valence-electron chi connectivity index (χ2n) is 8.88. The Morgan fingerprint density at radius 1 is 1.29 bits per heavy atom.